The van der Waals surface area contributed by atoms with Crippen molar-refractivity contribution in [2.24, 2.45) is 11.8 Å². The Balaban J connectivity index is 2.38. The zero-order valence-corrected chi connectivity index (χ0v) is 13.4. The Kier molecular flexibility index (Phi) is 6.13. The van der Waals surface area contributed by atoms with Crippen LogP contribution in [0, 0.1) is 11.8 Å². The van der Waals surface area contributed by atoms with Crippen LogP contribution in [0.15, 0.2) is 0 Å². The maximum absolute atomic E-state index is 3.66. The van der Waals surface area contributed by atoms with Gasteiger partial charge in [0, 0.05) is 18.1 Å². The minimum absolute atomic E-state index is 0.240. The van der Waals surface area contributed by atoms with Crippen molar-refractivity contribution in [3.63, 3.8) is 0 Å². The quantitative estimate of drug-likeness (QED) is 0.807. The molecule has 1 saturated heterocycles. The molecule has 1 N–H and O–H groups in total. The number of rotatable bonds is 5. The largest absolute Gasteiger partial charge is 0.311 e. The molecular weight excluding hydrogens is 220 g/mol. The van der Waals surface area contributed by atoms with Gasteiger partial charge in [-0.1, -0.05) is 20.8 Å². The van der Waals surface area contributed by atoms with Crippen molar-refractivity contribution >= 4 is 0 Å². The van der Waals surface area contributed by atoms with Gasteiger partial charge in [-0.15, -0.1) is 0 Å². The summed E-state index contributed by atoms with van der Waals surface area (Å²) in [7, 11) is 0. The van der Waals surface area contributed by atoms with E-state index in [1.165, 1.54) is 32.4 Å². The van der Waals surface area contributed by atoms with E-state index in [1.54, 1.807) is 0 Å². The third-order valence-electron chi connectivity index (χ3n) is 4.37. The summed E-state index contributed by atoms with van der Waals surface area (Å²) in [5.41, 5.74) is 0.240. The van der Waals surface area contributed by atoms with Crippen LogP contribution in [0.4, 0.5) is 0 Å². The first-order valence-corrected chi connectivity index (χ1v) is 7.82. The average Bonchev–Trinajstić information content (AvgIpc) is 2.29. The van der Waals surface area contributed by atoms with E-state index in [2.05, 4.69) is 51.8 Å². The highest BCUT2D eigenvalue weighted by Crippen LogP contribution is 2.25. The molecule has 1 fully saturated rings. The molecule has 18 heavy (non-hydrogen) atoms. The molecule has 2 nitrogen and oxygen atoms in total. The monoisotopic (exact) mass is 254 g/mol. The molecule has 0 bridgehead atoms. The molecule has 0 saturated carbocycles. The van der Waals surface area contributed by atoms with Gasteiger partial charge in [-0.25, -0.2) is 0 Å². The molecular formula is C16H34N2. The summed E-state index contributed by atoms with van der Waals surface area (Å²) < 4.78 is 0. The Morgan fingerprint density at radius 2 is 1.72 bits per heavy atom. The highest BCUT2D eigenvalue weighted by molar-refractivity contribution is 4.82. The van der Waals surface area contributed by atoms with E-state index in [9.17, 15) is 0 Å². The van der Waals surface area contributed by atoms with E-state index in [1.807, 2.05) is 0 Å². The lowest BCUT2D eigenvalue weighted by Gasteiger charge is -2.39. The summed E-state index contributed by atoms with van der Waals surface area (Å²) in [5, 5.41) is 3.66. The van der Waals surface area contributed by atoms with Crippen LogP contribution < -0.4 is 5.32 Å². The van der Waals surface area contributed by atoms with E-state index >= 15 is 0 Å². The Morgan fingerprint density at radius 3 is 2.11 bits per heavy atom. The minimum atomic E-state index is 0.240. The Labute approximate surface area is 115 Å². The van der Waals surface area contributed by atoms with Gasteiger partial charge in [-0.3, -0.25) is 4.90 Å². The summed E-state index contributed by atoms with van der Waals surface area (Å²) in [4.78, 5) is 2.71. The van der Waals surface area contributed by atoms with Crippen molar-refractivity contribution in [3.05, 3.63) is 0 Å². The Morgan fingerprint density at radius 1 is 1.17 bits per heavy atom. The van der Waals surface area contributed by atoms with Crippen LogP contribution in [-0.4, -0.2) is 36.1 Å². The smallest absolute Gasteiger partial charge is 0.0218 e. The van der Waals surface area contributed by atoms with Gasteiger partial charge >= 0.3 is 0 Å². The van der Waals surface area contributed by atoms with Gasteiger partial charge in [0.1, 0.15) is 0 Å². The lowest BCUT2D eigenvalue weighted by molar-refractivity contribution is 0.107. The van der Waals surface area contributed by atoms with E-state index < -0.39 is 0 Å². The molecule has 1 atom stereocenters. The predicted octanol–water partition coefficient (Wildman–Crippen LogP) is 3.52. The van der Waals surface area contributed by atoms with E-state index in [0.717, 1.165) is 24.4 Å². The standard InChI is InChI=1S/C16H34N2/c1-7-15(12-17-16(4,5)6)18-10-8-14(9-11-18)13(2)3/h13-15,17H,7-12H2,1-6H3. The molecule has 2 heteroatoms. The van der Waals surface area contributed by atoms with Crippen molar-refractivity contribution in [2.75, 3.05) is 19.6 Å². The molecule has 1 unspecified atom stereocenters. The van der Waals surface area contributed by atoms with Crippen molar-refractivity contribution < 1.29 is 0 Å². The molecule has 108 valence electrons. The number of nitrogens with zero attached hydrogens (tertiary/aromatic N) is 1. The molecule has 1 aliphatic heterocycles. The zero-order chi connectivity index (χ0) is 13.8. The molecule has 0 aliphatic carbocycles. The van der Waals surface area contributed by atoms with E-state index in [0.29, 0.717) is 0 Å². The van der Waals surface area contributed by atoms with Gasteiger partial charge in [-0.2, -0.15) is 0 Å². The van der Waals surface area contributed by atoms with Crippen LogP contribution in [0.25, 0.3) is 0 Å². The number of hydrogen-bond acceptors (Lipinski definition) is 2. The van der Waals surface area contributed by atoms with Gasteiger partial charge in [0.15, 0.2) is 0 Å². The third-order valence-corrected chi connectivity index (χ3v) is 4.37. The number of piperidine rings is 1. The molecule has 0 amide bonds. The molecule has 1 rings (SSSR count). The molecule has 0 aromatic carbocycles. The molecule has 1 aliphatic rings. The van der Waals surface area contributed by atoms with Crippen LogP contribution in [0.3, 0.4) is 0 Å². The minimum Gasteiger partial charge on any atom is -0.311 e. The summed E-state index contributed by atoms with van der Waals surface area (Å²) in [6.45, 7) is 17.6. The first-order valence-electron chi connectivity index (χ1n) is 7.82. The second-order valence-electron chi connectivity index (χ2n) is 7.31. The highest BCUT2D eigenvalue weighted by atomic mass is 15.2. The summed E-state index contributed by atoms with van der Waals surface area (Å²) >= 11 is 0. The third kappa shape index (κ3) is 5.27. The van der Waals surface area contributed by atoms with Crippen molar-refractivity contribution in [1.82, 2.24) is 10.2 Å². The number of hydrogen-bond donors (Lipinski definition) is 1. The van der Waals surface area contributed by atoms with Gasteiger partial charge < -0.3 is 5.32 Å². The highest BCUT2D eigenvalue weighted by Gasteiger charge is 2.26. The SMILES string of the molecule is CCC(CNC(C)(C)C)N1CCC(C(C)C)CC1. The van der Waals surface area contributed by atoms with Crippen LogP contribution in [0.1, 0.15) is 60.8 Å². The van der Waals surface area contributed by atoms with Crippen molar-refractivity contribution in [2.45, 2.75) is 72.4 Å². The van der Waals surface area contributed by atoms with Gasteiger partial charge in [-0.05, 0) is 65.0 Å². The Bertz CT molecular complexity index is 222. The second-order valence-corrected chi connectivity index (χ2v) is 7.31. The van der Waals surface area contributed by atoms with Gasteiger partial charge in [0.2, 0.25) is 0 Å². The maximum Gasteiger partial charge on any atom is 0.0218 e. The van der Waals surface area contributed by atoms with Crippen LogP contribution in [0.2, 0.25) is 0 Å². The van der Waals surface area contributed by atoms with Gasteiger partial charge in [0.25, 0.3) is 0 Å². The fourth-order valence-electron chi connectivity index (χ4n) is 2.91. The molecule has 0 aromatic rings. The number of nitrogens with one attached hydrogen (secondary N) is 1. The lowest BCUT2D eigenvalue weighted by Crippen LogP contribution is -2.50. The maximum atomic E-state index is 3.66. The van der Waals surface area contributed by atoms with E-state index in [-0.39, 0.29) is 5.54 Å². The van der Waals surface area contributed by atoms with Crippen molar-refractivity contribution in [3.8, 4) is 0 Å². The lowest BCUT2D eigenvalue weighted by atomic mass is 9.86. The first-order chi connectivity index (χ1) is 8.33. The predicted molar refractivity (Wildman–Crippen MR) is 81.0 cm³/mol. The van der Waals surface area contributed by atoms with E-state index in [4.69, 9.17) is 0 Å². The summed E-state index contributed by atoms with van der Waals surface area (Å²) in [5.74, 6) is 1.81. The molecule has 0 radical (unpaired) electrons. The van der Waals surface area contributed by atoms with Crippen molar-refractivity contribution in [1.29, 1.82) is 0 Å². The molecule has 1 heterocycles. The van der Waals surface area contributed by atoms with Crippen LogP contribution >= 0.6 is 0 Å². The topological polar surface area (TPSA) is 15.3 Å². The summed E-state index contributed by atoms with van der Waals surface area (Å²) in [6.07, 6.45) is 4.04. The zero-order valence-electron chi connectivity index (χ0n) is 13.4. The average molecular weight is 254 g/mol. The number of likely N-dealkylation sites (tertiary alicyclic amines) is 1. The fourth-order valence-corrected chi connectivity index (χ4v) is 2.91. The van der Waals surface area contributed by atoms with Crippen LogP contribution in [-0.2, 0) is 0 Å². The normalized spacial score (nSPS) is 21.5. The fraction of sp³-hybridized carbons (Fsp3) is 1.00. The first kappa shape index (κ1) is 16.0. The Hall–Kier alpha value is -0.0800. The summed E-state index contributed by atoms with van der Waals surface area (Å²) in [6, 6.07) is 0.720. The molecule has 0 spiro atoms. The van der Waals surface area contributed by atoms with Gasteiger partial charge in [0.05, 0.1) is 0 Å². The second kappa shape index (κ2) is 6.91. The van der Waals surface area contributed by atoms with Crippen LogP contribution in [0.5, 0.6) is 0 Å². The molecule has 0 aromatic heterocycles.